The van der Waals surface area contributed by atoms with Gasteiger partial charge >= 0.3 is 0 Å². The normalized spacial score (nSPS) is 42.5. The molecule has 1 aromatic carbocycles. The van der Waals surface area contributed by atoms with Gasteiger partial charge in [0.05, 0.1) is 11.5 Å². The third-order valence-corrected chi connectivity index (χ3v) is 14.5. The number of aliphatic hydroxyl groups excluding tert-OH is 1. The van der Waals surface area contributed by atoms with Crippen molar-refractivity contribution in [1.29, 1.82) is 0 Å². The first-order valence-corrected chi connectivity index (χ1v) is 17.0. The molecule has 0 radical (unpaired) electrons. The third-order valence-electron chi connectivity index (χ3n) is 14.2. The molecule has 4 fully saturated rings. The quantitative estimate of drug-likeness (QED) is 0.369. The first-order valence-electron chi connectivity index (χ1n) is 16.6. The van der Waals surface area contributed by atoms with Gasteiger partial charge in [-0.1, -0.05) is 72.2 Å². The fourth-order valence-corrected chi connectivity index (χ4v) is 12.0. The number of hydrogen-bond acceptors (Lipinski definition) is 3. The maximum Gasteiger partial charge on any atom is 0.231 e. The zero-order valence-corrected chi connectivity index (χ0v) is 27.7. The number of nitrogens with one attached hydrogen (secondary N) is 1. The van der Waals surface area contributed by atoms with Crippen LogP contribution in [0.3, 0.4) is 0 Å². The van der Waals surface area contributed by atoms with E-state index in [0.29, 0.717) is 29.8 Å². The van der Waals surface area contributed by atoms with E-state index in [0.717, 1.165) is 62.5 Å². The minimum Gasteiger partial charge on any atom is -0.393 e. The van der Waals surface area contributed by atoms with E-state index >= 15 is 0 Å². The van der Waals surface area contributed by atoms with Crippen LogP contribution in [0.1, 0.15) is 112 Å². The molecule has 0 saturated heterocycles. The number of allylic oxidation sites excluding steroid dienone is 1. The zero-order chi connectivity index (χ0) is 30.5. The summed E-state index contributed by atoms with van der Waals surface area (Å²) in [5, 5.41) is 15.0. The Morgan fingerprint density at radius 1 is 0.929 bits per heavy atom. The number of amides is 1. The second-order valence-electron chi connectivity index (χ2n) is 16.5. The van der Waals surface area contributed by atoms with Gasteiger partial charge in [-0.05, 0) is 126 Å². The fraction of sp³-hybridized carbons (Fsp3) is 0.730. The number of carbonyl (C=O) groups excluding carboxylic acids is 2. The molecule has 230 valence electrons. The van der Waals surface area contributed by atoms with E-state index in [9.17, 15) is 14.7 Å². The molecular weight excluding hydrogens is 542 g/mol. The molecule has 0 aromatic heterocycles. The molecule has 0 bridgehead atoms. The van der Waals surface area contributed by atoms with Gasteiger partial charge in [0.25, 0.3) is 0 Å². The highest BCUT2D eigenvalue weighted by Crippen LogP contribution is 2.76. The first kappa shape index (κ1) is 30.4. The van der Waals surface area contributed by atoms with Crippen LogP contribution in [0.5, 0.6) is 0 Å². The van der Waals surface area contributed by atoms with E-state index in [4.69, 9.17) is 11.6 Å². The highest BCUT2D eigenvalue weighted by atomic mass is 35.5. The summed E-state index contributed by atoms with van der Waals surface area (Å²) in [7, 11) is 0. The van der Waals surface area contributed by atoms with Crippen molar-refractivity contribution < 1.29 is 14.7 Å². The first-order chi connectivity index (χ1) is 19.6. The summed E-state index contributed by atoms with van der Waals surface area (Å²) >= 11 is 6.09. The fourth-order valence-electron chi connectivity index (χ4n) is 11.8. The Balaban J connectivity index is 1.37. The number of fused-ring (bicyclic) bond motifs is 7. The topological polar surface area (TPSA) is 66.4 Å². The summed E-state index contributed by atoms with van der Waals surface area (Å²) in [6.45, 7) is 17.0. The number of benzene rings is 1. The molecule has 5 aliphatic rings. The van der Waals surface area contributed by atoms with E-state index < -0.39 is 5.41 Å². The molecule has 2 N–H and O–H groups in total. The number of halogens is 1. The number of ketones is 1. The summed E-state index contributed by atoms with van der Waals surface area (Å²) < 4.78 is 0. The van der Waals surface area contributed by atoms with Gasteiger partial charge in [-0.3, -0.25) is 9.59 Å². The van der Waals surface area contributed by atoms with Gasteiger partial charge in [0, 0.05) is 18.0 Å². The maximum absolute atomic E-state index is 14.3. The van der Waals surface area contributed by atoms with Gasteiger partial charge in [-0.25, -0.2) is 0 Å². The lowest BCUT2D eigenvalue weighted by Crippen LogP contribution is -2.66. The molecule has 3 unspecified atom stereocenters. The van der Waals surface area contributed by atoms with Crippen molar-refractivity contribution in [3.63, 3.8) is 0 Å². The molecular formula is C37H52ClNO3. The number of rotatable bonds is 4. The Hall–Kier alpha value is -1.65. The van der Waals surface area contributed by atoms with Crippen molar-refractivity contribution in [2.75, 3.05) is 0 Å². The molecule has 1 aromatic rings. The van der Waals surface area contributed by atoms with Crippen LogP contribution in [-0.2, 0) is 16.1 Å². The highest BCUT2D eigenvalue weighted by Gasteiger charge is 2.70. The molecule has 42 heavy (non-hydrogen) atoms. The predicted octanol–water partition coefficient (Wildman–Crippen LogP) is 8.30. The van der Waals surface area contributed by atoms with Crippen LogP contribution in [0.2, 0.25) is 5.02 Å². The van der Waals surface area contributed by atoms with Crippen LogP contribution in [0, 0.1) is 50.7 Å². The van der Waals surface area contributed by atoms with Gasteiger partial charge in [0.1, 0.15) is 0 Å². The second-order valence-corrected chi connectivity index (χ2v) is 16.9. The van der Waals surface area contributed by atoms with E-state index in [1.807, 2.05) is 24.3 Å². The van der Waals surface area contributed by atoms with E-state index in [-0.39, 0.29) is 51.3 Å². The minimum atomic E-state index is -0.728. The summed E-state index contributed by atoms with van der Waals surface area (Å²) in [6.07, 6.45) is 8.31. The van der Waals surface area contributed by atoms with Crippen molar-refractivity contribution in [1.82, 2.24) is 5.32 Å². The van der Waals surface area contributed by atoms with Crippen LogP contribution >= 0.6 is 11.6 Å². The molecule has 5 aliphatic carbocycles. The average Bonchev–Trinajstić information content (AvgIpc) is 3.24. The van der Waals surface area contributed by atoms with Crippen molar-refractivity contribution in [2.45, 2.75) is 119 Å². The van der Waals surface area contributed by atoms with Gasteiger partial charge in [0.2, 0.25) is 5.91 Å². The third kappa shape index (κ3) is 4.02. The molecule has 5 heteroatoms. The molecule has 1 amide bonds. The Labute approximate surface area is 258 Å². The molecule has 8 atom stereocenters. The SMILES string of the molecule is CC(C)C1=C2C3CCC4[C@@]5(C)CC[C@H](O)C(C)(C)C5CC[C@@]4(C)[C@]3(C)CC[C@@]2(C(=O)NCc2ccc(Cl)cc2)CC1=O. The lowest BCUT2D eigenvalue weighted by atomic mass is 9.33. The molecule has 0 spiro atoms. The Bertz CT molecular complexity index is 1310. The standard InChI is InChI=1S/C37H52ClNO3/c1-22(2)30-26(40)20-37(32(42)39-21-23-8-10-24(38)11-9-23)19-18-35(6)25(31(30)37)12-13-28-34(5)16-15-29(41)33(3,4)27(34)14-17-36(28,35)7/h8-11,22,25,27-29,41H,12-21H2,1-7H3,(H,39,42)/t25?,27?,28?,29-,34-,35+,36+,37+/m0/s1. The summed E-state index contributed by atoms with van der Waals surface area (Å²) in [6, 6.07) is 7.63. The number of aliphatic hydroxyl groups is 1. The maximum atomic E-state index is 14.3. The average molecular weight is 594 g/mol. The number of Topliss-reactive ketones (excluding diaryl/α,β-unsaturated/α-hetero) is 1. The molecule has 0 heterocycles. The second kappa shape index (κ2) is 9.93. The molecule has 4 nitrogen and oxygen atoms in total. The lowest BCUT2D eigenvalue weighted by molar-refractivity contribution is -0.228. The zero-order valence-electron chi connectivity index (χ0n) is 26.9. The number of carbonyl (C=O) groups is 2. The molecule has 0 aliphatic heterocycles. The molecule has 4 saturated carbocycles. The Kier molecular flexibility index (Phi) is 7.18. The van der Waals surface area contributed by atoms with Crippen LogP contribution in [0.15, 0.2) is 35.4 Å². The van der Waals surface area contributed by atoms with E-state index in [1.165, 1.54) is 5.57 Å². The smallest absolute Gasteiger partial charge is 0.231 e. The monoisotopic (exact) mass is 593 g/mol. The van der Waals surface area contributed by atoms with Gasteiger partial charge in [0.15, 0.2) is 5.78 Å². The van der Waals surface area contributed by atoms with Crippen molar-refractivity contribution >= 4 is 23.3 Å². The summed E-state index contributed by atoms with van der Waals surface area (Å²) in [5.74, 6) is 1.69. The van der Waals surface area contributed by atoms with E-state index in [1.54, 1.807) is 0 Å². The Morgan fingerprint density at radius 3 is 2.29 bits per heavy atom. The predicted molar refractivity (Wildman–Crippen MR) is 169 cm³/mol. The van der Waals surface area contributed by atoms with Crippen LogP contribution in [-0.4, -0.2) is 22.9 Å². The minimum absolute atomic E-state index is 0.0319. The Morgan fingerprint density at radius 2 is 1.62 bits per heavy atom. The van der Waals surface area contributed by atoms with Crippen molar-refractivity contribution in [2.24, 2.45) is 50.7 Å². The largest absolute Gasteiger partial charge is 0.393 e. The van der Waals surface area contributed by atoms with Gasteiger partial charge in [-0.15, -0.1) is 0 Å². The van der Waals surface area contributed by atoms with Gasteiger partial charge in [-0.2, -0.15) is 0 Å². The van der Waals surface area contributed by atoms with Crippen LogP contribution in [0.25, 0.3) is 0 Å². The van der Waals surface area contributed by atoms with Crippen molar-refractivity contribution in [3.8, 4) is 0 Å². The molecule has 6 rings (SSSR count). The summed E-state index contributed by atoms with van der Waals surface area (Å²) in [5.41, 5.74) is 2.75. The van der Waals surface area contributed by atoms with Crippen LogP contribution in [0.4, 0.5) is 0 Å². The van der Waals surface area contributed by atoms with E-state index in [2.05, 4.69) is 53.8 Å². The summed E-state index contributed by atoms with van der Waals surface area (Å²) in [4.78, 5) is 28.1. The van der Waals surface area contributed by atoms with Crippen molar-refractivity contribution in [3.05, 3.63) is 46.0 Å². The van der Waals surface area contributed by atoms with Gasteiger partial charge < -0.3 is 10.4 Å². The highest BCUT2D eigenvalue weighted by molar-refractivity contribution is 6.30. The number of hydrogen-bond donors (Lipinski definition) is 2. The van der Waals surface area contributed by atoms with Crippen LogP contribution < -0.4 is 5.32 Å². The lowest BCUT2D eigenvalue weighted by Gasteiger charge is -2.72.